The first-order valence-corrected chi connectivity index (χ1v) is 13.4. The van der Waals surface area contributed by atoms with Gasteiger partial charge in [0.1, 0.15) is 0 Å². The predicted molar refractivity (Wildman–Crippen MR) is 168 cm³/mol. The number of aromatic nitrogens is 2. The maximum absolute atomic E-state index is 4.12. The molecule has 2 aromatic heterocycles. The van der Waals surface area contributed by atoms with Crippen molar-refractivity contribution in [2.75, 3.05) is 0 Å². The smallest absolute Gasteiger partial charge is 0.0541 e. The second-order valence-electron chi connectivity index (χ2n) is 9.83. The summed E-state index contributed by atoms with van der Waals surface area (Å²) in [5.41, 5.74) is 10.6. The Morgan fingerprint density at radius 1 is 0.538 bits per heavy atom. The van der Waals surface area contributed by atoms with Crippen LogP contribution in [0.5, 0.6) is 0 Å². The van der Waals surface area contributed by atoms with Gasteiger partial charge in [0, 0.05) is 33.1 Å². The average molecular weight is 501 g/mol. The van der Waals surface area contributed by atoms with Crippen LogP contribution in [0, 0.1) is 0 Å². The Labute approximate surface area is 228 Å². The summed E-state index contributed by atoms with van der Waals surface area (Å²) in [6.07, 6.45) is 6.23. The van der Waals surface area contributed by atoms with Crippen LogP contribution >= 0.6 is 0 Å². The third-order valence-corrected chi connectivity index (χ3v) is 7.60. The second-order valence-corrected chi connectivity index (χ2v) is 9.83. The zero-order valence-electron chi connectivity index (χ0n) is 21.9. The molecule has 0 atom stereocenters. The van der Waals surface area contributed by atoms with Gasteiger partial charge in [-0.2, -0.15) is 0 Å². The lowest BCUT2D eigenvalue weighted by molar-refractivity contribution is 1.10. The van der Waals surface area contributed by atoms with E-state index in [1.54, 1.807) is 0 Å². The fraction of sp³-hybridized carbons (Fsp3) is 0.0270. The number of hydrogen-bond acceptors (Lipinski definition) is 0. The van der Waals surface area contributed by atoms with Crippen LogP contribution in [0.3, 0.4) is 0 Å². The molecule has 7 aromatic rings. The normalized spacial score (nSPS) is 11.7. The van der Waals surface area contributed by atoms with Crippen LogP contribution in [0.2, 0.25) is 0 Å². The van der Waals surface area contributed by atoms with Crippen LogP contribution in [0.1, 0.15) is 18.2 Å². The van der Waals surface area contributed by atoms with Crippen LogP contribution in [0.4, 0.5) is 0 Å². The van der Waals surface area contributed by atoms with Gasteiger partial charge < -0.3 is 9.13 Å². The van der Waals surface area contributed by atoms with Gasteiger partial charge in [-0.15, -0.1) is 0 Å². The molecule has 2 nitrogen and oxygen atoms in total. The van der Waals surface area contributed by atoms with E-state index in [9.17, 15) is 0 Å². The van der Waals surface area contributed by atoms with E-state index in [1.807, 2.05) is 6.08 Å². The molecule has 0 unspecified atom stereocenters. The summed E-state index contributed by atoms with van der Waals surface area (Å²) >= 11 is 0. The predicted octanol–water partition coefficient (Wildman–Crippen LogP) is 10.1. The van der Waals surface area contributed by atoms with E-state index in [0.717, 1.165) is 22.6 Å². The molecule has 0 aliphatic carbocycles. The third kappa shape index (κ3) is 3.65. The molecule has 0 radical (unpaired) electrons. The summed E-state index contributed by atoms with van der Waals surface area (Å²) in [4.78, 5) is 0. The van der Waals surface area contributed by atoms with Gasteiger partial charge in [0.2, 0.25) is 0 Å². The summed E-state index contributed by atoms with van der Waals surface area (Å²) in [5.74, 6) is 0. The topological polar surface area (TPSA) is 9.86 Å². The highest BCUT2D eigenvalue weighted by molar-refractivity contribution is 6.09. The van der Waals surface area contributed by atoms with Gasteiger partial charge in [-0.05, 0) is 66.6 Å². The molecule has 39 heavy (non-hydrogen) atoms. The largest absolute Gasteiger partial charge is 0.309 e. The number of hydrogen-bond donors (Lipinski definition) is 0. The van der Waals surface area contributed by atoms with Crippen molar-refractivity contribution < 1.29 is 0 Å². The zero-order chi connectivity index (χ0) is 26.3. The molecule has 5 aromatic carbocycles. The molecule has 0 aliphatic heterocycles. The molecule has 0 saturated heterocycles. The van der Waals surface area contributed by atoms with E-state index in [2.05, 4.69) is 156 Å². The van der Waals surface area contributed by atoms with Gasteiger partial charge in [0.15, 0.2) is 0 Å². The third-order valence-electron chi connectivity index (χ3n) is 7.60. The van der Waals surface area contributed by atoms with Crippen LogP contribution in [-0.4, -0.2) is 9.13 Å². The zero-order valence-corrected chi connectivity index (χ0v) is 21.9. The first kappa shape index (κ1) is 23.1. The highest BCUT2D eigenvalue weighted by Gasteiger charge is 2.16. The maximum atomic E-state index is 4.12. The van der Waals surface area contributed by atoms with E-state index < -0.39 is 0 Å². The molecule has 0 fully saturated rings. The molecule has 0 amide bonds. The molecular formula is C37H28N2. The molecule has 2 heteroatoms. The first-order chi connectivity index (χ1) is 19.3. The lowest BCUT2D eigenvalue weighted by Crippen LogP contribution is -1.98. The van der Waals surface area contributed by atoms with Crippen molar-refractivity contribution in [2.45, 2.75) is 6.92 Å². The van der Waals surface area contributed by atoms with Gasteiger partial charge in [0.05, 0.1) is 22.2 Å². The number of rotatable bonds is 5. The number of nitrogens with zero attached hydrogens (tertiary/aromatic N) is 2. The van der Waals surface area contributed by atoms with E-state index in [4.69, 9.17) is 0 Å². The second kappa shape index (κ2) is 9.34. The minimum absolute atomic E-state index is 1.13. The summed E-state index contributed by atoms with van der Waals surface area (Å²) in [5, 5.41) is 3.75. The van der Waals surface area contributed by atoms with Gasteiger partial charge >= 0.3 is 0 Å². The molecule has 0 bridgehead atoms. The molecule has 0 spiro atoms. The molecule has 7 rings (SSSR count). The van der Waals surface area contributed by atoms with Crippen LogP contribution in [-0.2, 0) is 0 Å². The minimum Gasteiger partial charge on any atom is -0.309 e. The minimum atomic E-state index is 1.13. The Balaban J connectivity index is 1.41. The molecular weight excluding hydrogens is 472 g/mol. The highest BCUT2D eigenvalue weighted by atomic mass is 15.0. The quantitative estimate of drug-likeness (QED) is 0.222. The Morgan fingerprint density at radius 3 is 1.56 bits per heavy atom. The fourth-order valence-corrected chi connectivity index (χ4v) is 5.95. The van der Waals surface area contributed by atoms with Crippen molar-refractivity contribution in [2.24, 2.45) is 0 Å². The Bertz CT molecular complexity index is 1990. The van der Waals surface area contributed by atoms with Crippen molar-refractivity contribution in [1.29, 1.82) is 0 Å². The van der Waals surface area contributed by atoms with Gasteiger partial charge in [0.25, 0.3) is 0 Å². The van der Waals surface area contributed by atoms with E-state index in [-0.39, 0.29) is 0 Å². The Morgan fingerprint density at radius 2 is 1.03 bits per heavy atom. The van der Waals surface area contributed by atoms with Crippen molar-refractivity contribution in [3.63, 3.8) is 0 Å². The van der Waals surface area contributed by atoms with Gasteiger partial charge in [-0.3, -0.25) is 0 Å². The summed E-state index contributed by atoms with van der Waals surface area (Å²) < 4.78 is 4.71. The van der Waals surface area contributed by atoms with Crippen LogP contribution < -0.4 is 0 Å². The molecule has 0 aliphatic rings. The van der Waals surface area contributed by atoms with E-state index >= 15 is 0 Å². The maximum Gasteiger partial charge on any atom is 0.0541 e. The average Bonchev–Trinajstić information content (AvgIpc) is 3.50. The number of fused-ring (bicyclic) bond motifs is 4. The molecule has 0 saturated carbocycles. The SMILES string of the molecule is C=Cc1c(/C=C\C)n(-c2cccc(-c3cccc(-n4c5ccccc5c5ccccc54)c3)c2)c2ccccc12. The number of benzene rings is 5. The first-order valence-electron chi connectivity index (χ1n) is 13.4. The standard InChI is InChI=1S/C37H28N2/c1-3-13-34-30(4-2)31-18-5-8-21-35(31)38(34)28-16-11-14-26(24-28)27-15-12-17-29(25-27)39-36-22-9-6-19-32(36)33-20-7-10-23-37(33)39/h3-25H,2H2,1H3/b13-3-. The fourth-order valence-electron chi connectivity index (χ4n) is 5.95. The lowest BCUT2D eigenvalue weighted by atomic mass is 10.0. The summed E-state index contributed by atoms with van der Waals surface area (Å²) in [6.45, 7) is 6.18. The lowest BCUT2D eigenvalue weighted by Gasteiger charge is -2.13. The summed E-state index contributed by atoms with van der Waals surface area (Å²) in [6, 6.07) is 43.5. The Hall–Kier alpha value is -5.08. The van der Waals surface area contributed by atoms with Gasteiger partial charge in [-0.1, -0.05) is 97.6 Å². The highest BCUT2D eigenvalue weighted by Crippen LogP contribution is 2.35. The monoisotopic (exact) mass is 500 g/mol. The van der Waals surface area contributed by atoms with Crippen molar-refractivity contribution >= 4 is 44.9 Å². The number of para-hydroxylation sites is 3. The van der Waals surface area contributed by atoms with Crippen molar-refractivity contribution in [3.05, 3.63) is 145 Å². The molecule has 0 N–H and O–H groups in total. The summed E-state index contributed by atoms with van der Waals surface area (Å²) in [7, 11) is 0. The molecule has 186 valence electrons. The van der Waals surface area contributed by atoms with E-state index in [1.165, 1.54) is 43.8 Å². The van der Waals surface area contributed by atoms with Crippen LogP contribution in [0.15, 0.2) is 134 Å². The van der Waals surface area contributed by atoms with Crippen molar-refractivity contribution in [3.8, 4) is 22.5 Å². The number of allylic oxidation sites excluding steroid dienone is 1. The Kier molecular flexibility index (Phi) is 5.53. The molecule has 2 heterocycles. The van der Waals surface area contributed by atoms with E-state index in [0.29, 0.717) is 0 Å². The van der Waals surface area contributed by atoms with Gasteiger partial charge in [-0.25, -0.2) is 0 Å². The van der Waals surface area contributed by atoms with Crippen molar-refractivity contribution in [1.82, 2.24) is 9.13 Å². The van der Waals surface area contributed by atoms with Crippen LogP contribution in [0.25, 0.3) is 67.4 Å².